The van der Waals surface area contributed by atoms with Crippen LogP contribution in [-0.4, -0.2) is 47.4 Å². The van der Waals surface area contributed by atoms with Crippen LogP contribution < -0.4 is 5.32 Å². The molecule has 1 N–H and O–H groups in total. The molecule has 0 aliphatic heterocycles. The molecular formula is C20H28N4O5S2. The van der Waals surface area contributed by atoms with Gasteiger partial charge < -0.3 is 10.1 Å². The Kier molecular flexibility index (Phi) is 7.47. The number of carbonyl (C=O) groups excluding carboxylic acids is 2. The summed E-state index contributed by atoms with van der Waals surface area (Å²) in [4.78, 5) is 29.2. The number of aromatic nitrogens is 3. The summed E-state index contributed by atoms with van der Waals surface area (Å²) in [6.07, 6.45) is 9.49. The maximum absolute atomic E-state index is 13.1. The number of amides is 1. The van der Waals surface area contributed by atoms with Crippen molar-refractivity contribution in [2.75, 3.05) is 12.4 Å². The zero-order valence-corrected chi connectivity index (χ0v) is 19.5. The van der Waals surface area contributed by atoms with Crippen LogP contribution in [0.1, 0.15) is 68.1 Å². The minimum atomic E-state index is -3.50. The highest BCUT2D eigenvalue weighted by atomic mass is 32.2. The second kappa shape index (κ2) is 9.90. The average Bonchev–Trinajstić information content (AvgIpc) is 3.52. The van der Waals surface area contributed by atoms with Crippen LogP contribution in [0.15, 0.2) is 23.5 Å². The third kappa shape index (κ3) is 5.32. The summed E-state index contributed by atoms with van der Waals surface area (Å²) in [5.41, 5.74) is 0. The molecule has 1 saturated carbocycles. The van der Waals surface area contributed by atoms with E-state index < -0.39 is 27.1 Å². The van der Waals surface area contributed by atoms with Crippen molar-refractivity contribution >= 4 is 38.2 Å². The minimum Gasteiger partial charge on any atom is -0.465 e. The molecule has 3 rings (SSSR count). The topological polar surface area (TPSA) is 120 Å². The number of methoxy groups -OCH3 is 1. The van der Waals surface area contributed by atoms with Gasteiger partial charge in [0.15, 0.2) is 15.0 Å². The predicted molar refractivity (Wildman–Crippen MR) is 117 cm³/mol. The van der Waals surface area contributed by atoms with Crippen LogP contribution in [-0.2, 0) is 19.4 Å². The number of carbonyl (C=O) groups is 2. The maximum atomic E-state index is 13.1. The van der Waals surface area contributed by atoms with Crippen LogP contribution in [0.25, 0.3) is 0 Å². The Morgan fingerprint density at radius 2 is 2.03 bits per heavy atom. The normalized spacial score (nSPS) is 16.7. The van der Waals surface area contributed by atoms with Gasteiger partial charge in [-0.2, -0.15) is 5.10 Å². The molecule has 0 saturated heterocycles. The molecule has 1 aliphatic carbocycles. The summed E-state index contributed by atoms with van der Waals surface area (Å²) < 4.78 is 31.5. The molecule has 2 aromatic heterocycles. The minimum absolute atomic E-state index is 0.119. The molecule has 1 amide bonds. The first-order valence-electron chi connectivity index (χ1n) is 10.4. The van der Waals surface area contributed by atoms with E-state index in [1.807, 2.05) is 6.92 Å². The molecule has 0 bridgehead atoms. The third-order valence-corrected chi connectivity index (χ3v) is 8.94. The summed E-state index contributed by atoms with van der Waals surface area (Å²) in [5, 5.41) is 6.73. The quantitative estimate of drug-likeness (QED) is 0.560. The lowest BCUT2D eigenvalue weighted by molar-refractivity contribution is -0.120. The number of thiazole rings is 1. The highest BCUT2D eigenvalue weighted by Crippen LogP contribution is 2.33. The Hall–Kier alpha value is -2.27. The van der Waals surface area contributed by atoms with Crippen LogP contribution in [0, 0.1) is 5.92 Å². The third-order valence-electron chi connectivity index (χ3n) is 5.79. The Morgan fingerprint density at radius 1 is 1.32 bits per heavy atom. The van der Waals surface area contributed by atoms with E-state index in [2.05, 4.69) is 20.1 Å². The average molecular weight is 469 g/mol. The van der Waals surface area contributed by atoms with E-state index in [1.165, 1.54) is 30.4 Å². The van der Waals surface area contributed by atoms with E-state index in [4.69, 9.17) is 0 Å². The zero-order valence-electron chi connectivity index (χ0n) is 17.9. The molecule has 2 unspecified atom stereocenters. The molecule has 1 aliphatic rings. The second-order valence-corrected chi connectivity index (χ2v) is 11.2. The lowest BCUT2D eigenvalue weighted by Crippen LogP contribution is -2.28. The van der Waals surface area contributed by atoms with Gasteiger partial charge in [0.05, 0.1) is 24.8 Å². The summed E-state index contributed by atoms with van der Waals surface area (Å²) in [7, 11) is -2.22. The fourth-order valence-corrected chi connectivity index (χ4v) is 5.79. The maximum Gasteiger partial charge on any atom is 0.349 e. The highest BCUT2D eigenvalue weighted by Gasteiger charge is 2.30. The van der Waals surface area contributed by atoms with E-state index in [0.29, 0.717) is 18.8 Å². The molecule has 2 atom stereocenters. The first-order chi connectivity index (χ1) is 14.8. The van der Waals surface area contributed by atoms with Crippen molar-refractivity contribution in [3.63, 3.8) is 0 Å². The number of rotatable bonds is 9. The van der Waals surface area contributed by atoms with Crippen molar-refractivity contribution in [1.82, 2.24) is 14.8 Å². The number of esters is 1. The van der Waals surface area contributed by atoms with Crippen molar-refractivity contribution in [2.24, 2.45) is 5.92 Å². The molecule has 170 valence electrons. The standard InChI is InChI=1S/C20H28N4O5S2/c1-4-13(2)31(27,28)15-10-22-24(12-15)16(9-14-7-5-6-8-14)18(25)23-20-21-11-17(30-20)19(26)29-3/h10-14,16H,4-9H2,1-3H3,(H,21,23,25). The van der Waals surface area contributed by atoms with Gasteiger partial charge in [-0.05, 0) is 25.7 Å². The number of nitrogens with zero attached hydrogens (tertiary/aromatic N) is 3. The van der Waals surface area contributed by atoms with E-state index in [-0.39, 0.29) is 20.8 Å². The van der Waals surface area contributed by atoms with Crippen LogP contribution >= 0.6 is 11.3 Å². The van der Waals surface area contributed by atoms with E-state index in [0.717, 1.165) is 37.0 Å². The van der Waals surface area contributed by atoms with Crippen molar-refractivity contribution in [3.05, 3.63) is 23.5 Å². The Morgan fingerprint density at radius 3 is 2.68 bits per heavy atom. The molecule has 1 fully saturated rings. The largest absolute Gasteiger partial charge is 0.465 e. The molecular weight excluding hydrogens is 440 g/mol. The molecule has 2 aromatic rings. The lowest BCUT2D eigenvalue weighted by atomic mass is 9.98. The molecule has 2 heterocycles. The van der Waals surface area contributed by atoms with Gasteiger partial charge in [0, 0.05) is 6.20 Å². The highest BCUT2D eigenvalue weighted by molar-refractivity contribution is 7.92. The fraction of sp³-hybridized carbons (Fsp3) is 0.600. The van der Waals surface area contributed by atoms with E-state index >= 15 is 0 Å². The Bertz CT molecular complexity index is 1020. The van der Waals surface area contributed by atoms with Crippen molar-refractivity contribution in [3.8, 4) is 0 Å². The summed E-state index contributed by atoms with van der Waals surface area (Å²) in [6.45, 7) is 3.48. The number of hydrogen-bond donors (Lipinski definition) is 1. The van der Waals surface area contributed by atoms with Crippen LogP contribution in [0.2, 0.25) is 0 Å². The van der Waals surface area contributed by atoms with E-state index in [1.54, 1.807) is 6.92 Å². The molecule has 31 heavy (non-hydrogen) atoms. The van der Waals surface area contributed by atoms with Gasteiger partial charge in [0.25, 0.3) is 5.91 Å². The molecule has 0 aromatic carbocycles. The first kappa shape index (κ1) is 23.4. The van der Waals surface area contributed by atoms with Crippen molar-refractivity contribution < 1.29 is 22.7 Å². The first-order valence-corrected chi connectivity index (χ1v) is 12.8. The molecule has 9 nitrogen and oxygen atoms in total. The second-order valence-electron chi connectivity index (χ2n) is 7.83. The SMILES string of the molecule is CCC(C)S(=O)(=O)c1cnn(C(CC2CCCC2)C(=O)Nc2ncc(C(=O)OC)s2)c1. The lowest BCUT2D eigenvalue weighted by Gasteiger charge is -2.20. The van der Waals surface area contributed by atoms with Gasteiger partial charge in [0.1, 0.15) is 15.8 Å². The zero-order chi connectivity index (χ0) is 22.6. The number of sulfone groups is 1. The van der Waals surface area contributed by atoms with Gasteiger partial charge in [-0.25, -0.2) is 18.2 Å². The van der Waals surface area contributed by atoms with Gasteiger partial charge in [-0.3, -0.25) is 9.48 Å². The van der Waals surface area contributed by atoms with Crippen LogP contribution in [0.4, 0.5) is 5.13 Å². The fourth-order valence-electron chi connectivity index (χ4n) is 3.70. The van der Waals surface area contributed by atoms with Crippen LogP contribution in [0.3, 0.4) is 0 Å². The number of anilines is 1. The van der Waals surface area contributed by atoms with Crippen molar-refractivity contribution in [1.29, 1.82) is 0 Å². The van der Waals surface area contributed by atoms with Gasteiger partial charge in [0.2, 0.25) is 0 Å². The number of hydrogen-bond acceptors (Lipinski definition) is 8. The molecule has 11 heteroatoms. The van der Waals surface area contributed by atoms with Crippen molar-refractivity contribution in [2.45, 2.75) is 68.6 Å². The monoisotopic (exact) mass is 468 g/mol. The van der Waals surface area contributed by atoms with Gasteiger partial charge >= 0.3 is 5.97 Å². The van der Waals surface area contributed by atoms with Gasteiger partial charge in [-0.1, -0.05) is 43.9 Å². The Balaban J connectivity index is 1.84. The predicted octanol–water partition coefficient (Wildman–Crippen LogP) is 3.46. The Labute approximate surface area is 186 Å². The van der Waals surface area contributed by atoms with Crippen LogP contribution in [0.5, 0.6) is 0 Å². The molecule has 0 radical (unpaired) electrons. The number of ether oxygens (including phenoxy) is 1. The summed E-state index contributed by atoms with van der Waals surface area (Å²) in [6, 6.07) is -0.672. The summed E-state index contributed by atoms with van der Waals surface area (Å²) >= 11 is 1.02. The van der Waals surface area contributed by atoms with E-state index in [9.17, 15) is 18.0 Å². The van der Waals surface area contributed by atoms with Gasteiger partial charge in [-0.15, -0.1) is 0 Å². The smallest absolute Gasteiger partial charge is 0.349 e. The number of nitrogens with one attached hydrogen (secondary N) is 1. The molecule has 0 spiro atoms. The summed E-state index contributed by atoms with van der Waals surface area (Å²) in [5.74, 6) is -0.489.